The second kappa shape index (κ2) is 14.6. The number of amides is 4. The Kier molecular flexibility index (Phi) is 9.85. The number of benzene rings is 2. The van der Waals surface area contributed by atoms with Gasteiger partial charge in [0.2, 0.25) is 17.7 Å². The Balaban J connectivity index is 1.09. The normalized spacial score (nSPS) is 20.7. The van der Waals surface area contributed by atoms with Gasteiger partial charge in [0.1, 0.15) is 11.9 Å². The highest BCUT2D eigenvalue weighted by atomic mass is 35.5. The molecule has 3 N–H and O–H groups in total. The summed E-state index contributed by atoms with van der Waals surface area (Å²) in [4.78, 5) is 70.4. The molecule has 1 saturated carbocycles. The lowest BCUT2D eigenvalue weighted by Gasteiger charge is -2.40. The van der Waals surface area contributed by atoms with E-state index >= 15 is 0 Å². The van der Waals surface area contributed by atoms with Crippen LogP contribution in [0.2, 0.25) is 5.02 Å². The van der Waals surface area contributed by atoms with Crippen LogP contribution in [-0.2, 0) is 27.2 Å². The summed E-state index contributed by atoms with van der Waals surface area (Å²) >= 11 is 6.18. The van der Waals surface area contributed by atoms with Crippen molar-refractivity contribution in [3.05, 3.63) is 94.7 Å². The molecule has 1 aliphatic carbocycles. The average Bonchev–Trinajstić information content (AvgIpc) is 3.78. The molecule has 50 heavy (non-hydrogen) atoms. The SMILES string of the molecule is CNC(=O)[C@H](CCCc1ccccc1)NC(=O)C1CN(C(=O)Cc2c[nH]c3cc(Cl)ccc23)CC2CN(C(=O)c3cnc(C4CC4)nc3)CC21. The molecule has 260 valence electrons. The van der Waals surface area contributed by atoms with Crippen molar-refractivity contribution < 1.29 is 19.2 Å². The number of H-pyrrole nitrogens is 1. The number of aryl methyl sites for hydroxylation is 1. The topological polar surface area (TPSA) is 140 Å². The molecule has 0 spiro atoms. The first-order valence-corrected chi connectivity index (χ1v) is 17.9. The lowest BCUT2D eigenvalue weighted by Crippen LogP contribution is -2.56. The Morgan fingerprint density at radius 2 is 1.74 bits per heavy atom. The van der Waals surface area contributed by atoms with Crippen LogP contribution in [0.5, 0.6) is 0 Å². The van der Waals surface area contributed by atoms with E-state index in [9.17, 15) is 19.2 Å². The highest BCUT2D eigenvalue weighted by Crippen LogP contribution is 2.39. The van der Waals surface area contributed by atoms with Crippen molar-refractivity contribution in [2.24, 2.45) is 17.8 Å². The molecule has 4 aromatic rings. The van der Waals surface area contributed by atoms with Crippen molar-refractivity contribution in [2.45, 2.75) is 50.5 Å². The first-order valence-electron chi connectivity index (χ1n) is 17.5. The molecule has 4 heterocycles. The average molecular weight is 696 g/mol. The molecule has 2 saturated heterocycles. The number of likely N-dealkylation sites (N-methyl/N-ethyl adjacent to an activating group) is 1. The van der Waals surface area contributed by atoms with Crippen LogP contribution < -0.4 is 10.6 Å². The van der Waals surface area contributed by atoms with E-state index < -0.39 is 12.0 Å². The van der Waals surface area contributed by atoms with Crippen molar-refractivity contribution in [2.75, 3.05) is 33.2 Å². The van der Waals surface area contributed by atoms with E-state index in [-0.39, 0.29) is 48.4 Å². The van der Waals surface area contributed by atoms with Crippen molar-refractivity contribution >= 4 is 46.1 Å². The Bertz CT molecular complexity index is 1880. The number of nitrogens with one attached hydrogen (secondary N) is 3. The number of likely N-dealkylation sites (tertiary alicyclic amines) is 2. The number of hydrogen-bond acceptors (Lipinski definition) is 6. The number of nitrogens with zero attached hydrogens (tertiary/aromatic N) is 4. The minimum atomic E-state index is -0.722. The highest BCUT2D eigenvalue weighted by molar-refractivity contribution is 6.31. The molecule has 3 unspecified atom stereocenters. The first-order chi connectivity index (χ1) is 24.3. The standard InChI is InChI=1S/C38H42ClN7O4/c1-40-37(49)32(9-5-8-23-6-3-2-4-7-23)44-36(48)31-22-45(34(47)14-25-16-41-33-15-28(39)12-13-29(25)33)19-27-20-46(21-30(27)31)38(50)26-17-42-35(43-18-26)24-10-11-24/h2-4,6-7,12-13,15-18,24,27,30-32,41H,5,8-11,14,19-22H2,1H3,(H,40,49)(H,44,48)/t27?,30?,31?,32-/m0/s1. The van der Waals surface area contributed by atoms with E-state index in [1.54, 1.807) is 35.3 Å². The number of aromatic amines is 1. The molecular formula is C38H42ClN7O4. The second-order valence-electron chi connectivity index (χ2n) is 13.9. The van der Waals surface area contributed by atoms with Crippen molar-refractivity contribution in [3.63, 3.8) is 0 Å². The number of rotatable bonds is 11. The van der Waals surface area contributed by atoms with Crippen LogP contribution in [0.15, 0.2) is 67.1 Å². The van der Waals surface area contributed by atoms with E-state index in [0.29, 0.717) is 49.0 Å². The van der Waals surface area contributed by atoms with Crippen LogP contribution in [0.1, 0.15) is 58.9 Å². The van der Waals surface area contributed by atoms with E-state index in [2.05, 4.69) is 25.6 Å². The number of halogens is 1. The van der Waals surface area contributed by atoms with Gasteiger partial charge >= 0.3 is 0 Å². The van der Waals surface area contributed by atoms with Gasteiger partial charge in [0, 0.05) is 73.7 Å². The third-order valence-corrected chi connectivity index (χ3v) is 10.7. The van der Waals surface area contributed by atoms with Gasteiger partial charge in [0.05, 0.1) is 17.9 Å². The van der Waals surface area contributed by atoms with Gasteiger partial charge in [-0.3, -0.25) is 19.2 Å². The fourth-order valence-corrected chi connectivity index (χ4v) is 7.73. The Morgan fingerprint density at radius 1 is 0.980 bits per heavy atom. The molecule has 4 amide bonds. The molecule has 2 aromatic heterocycles. The lowest BCUT2D eigenvalue weighted by molar-refractivity contribution is -0.140. The van der Waals surface area contributed by atoms with Crippen molar-refractivity contribution in [1.82, 2.24) is 35.4 Å². The fourth-order valence-electron chi connectivity index (χ4n) is 7.56. The Labute approximate surface area is 296 Å². The van der Waals surface area contributed by atoms with Gasteiger partial charge in [-0.1, -0.05) is 48.0 Å². The van der Waals surface area contributed by atoms with Gasteiger partial charge in [0.25, 0.3) is 5.91 Å². The van der Waals surface area contributed by atoms with Gasteiger partial charge in [-0.2, -0.15) is 0 Å². The largest absolute Gasteiger partial charge is 0.361 e. The molecule has 11 nitrogen and oxygen atoms in total. The van der Waals surface area contributed by atoms with Gasteiger partial charge < -0.3 is 25.4 Å². The summed E-state index contributed by atoms with van der Waals surface area (Å²) in [6.45, 7) is 1.41. The van der Waals surface area contributed by atoms with E-state index in [1.165, 1.54) is 5.56 Å². The van der Waals surface area contributed by atoms with Crippen LogP contribution in [-0.4, -0.2) is 87.6 Å². The van der Waals surface area contributed by atoms with Crippen molar-refractivity contribution in [1.29, 1.82) is 0 Å². The van der Waals surface area contributed by atoms with Gasteiger partial charge in [0.15, 0.2) is 0 Å². The summed E-state index contributed by atoms with van der Waals surface area (Å²) in [5.41, 5.74) is 3.28. The number of fused-ring (bicyclic) bond motifs is 2. The van der Waals surface area contributed by atoms with Crippen LogP contribution in [0.3, 0.4) is 0 Å². The molecule has 4 atom stereocenters. The summed E-state index contributed by atoms with van der Waals surface area (Å²) in [5, 5.41) is 7.26. The molecule has 3 fully saturated rings. The van der Waals surface area contributed by atoms with Crippen LogP contribution in [0, 0.1) is 17.8 Å². The minimum absolute atomic E-state index is 0.100. The van der Waals surface area contributed by atoms with Gasteiger partial charge in [-0.25, -0.2) is 9.97 Å². The lowest BCUT2D eigenvalue weighted by atomic mass is 9.79. The van der Waals surface area contributed by atoms with E-state index in [1.807, 2.05) is 48.7 Å². The monoisotopic (exact) mass is 695 g/mol. The summed E-state index contributed by atoms with van der Waals surface area (Å²) in [5.74, 6) is -0.560. The predicted octanol–water partition coefficient (Wildman–Crippen LogP) is 4.13. The number of hydrogen-bond donors (Lipinski definition) is 3. The maximum absolute atomic E-state index is 14.2. The first kappa shape index (κ1) is 33.7. The van der Waals surface area contributed by atoms with Crippen LogP contribution in [0.25, 0.3) is 10.9 Å². The molecule has 2 aromatic carbocycles. The van der Waals surface area contributed by atoms with Gasteiger partial charge in [-0.05, 0) is 67.2 Å². The highest BCUT2D eigenvalue weighted by Gasteiger charge is 2.48. The fraction of sp³-hybridized carbons (Fsp3) is 0.421. The maximum Gasteiger partial charge on any atom is 0.257 e. The molecule has 2 aliphatic heterocycles. The number of aromatic nitrogens is 3. The quantitative estimate of drug-likeness (QED) is 0.216. The molecule has 3 aliphatic rings. The summed E-state index contributed by atoms with van der Waals surface area (Å²) in [6, 6.07) is 14.8. The zero-order chi connectivity index (χ0) is 34.8. The third kappa shape index (κ3) is 7.38. The predicted molar refractivity (Wildman–Crippen MR) is 189 cm³/mol. The second-order valence-corrected chi connectivity index (χ2v) is 14.3. The Hall–Kier alpha value is -4.77. The Morgan fingerprint density at radius 3 is 2.48 bits per heavy atom. The zero-order valence-corrected chi connectivity index (χ0v) is 28.9. The van der Waals surface area contributed by atoms with Crippen molar-refractivity contribution in [3.8, 4) is 0 Å². The molecule has 7 rings (SSSR count). The number of carbonyl (C=O) groups excluding carboxylic acids is 4. The summed E-state index contributed by atoms with van der Waals surface area (Å²) in [7, 11) is 1.57. The van der Waals surface area contributed by atoms with Gasteiger partial charge in [-0.15, -0.1) is 0 Å². The van der Waals surface area contributed by atoms with Crippen LogP contribution >= 0.6 is 11.6 Å². The van der Waals surface area contributed by atoms with Crippen LogP contribution in [0.4, 0.5) is 0 Å². The summed E-state index contributed by atoms with van der Waals surface area (Å²) < 4.78 is 0. The smallest absolute Gasteiger partial charge is 0.257 e. The zero-order valence-electron chi connectivity index (χ0n) is 28.1. The maximum atomic E-state index is 14.2. The molecule has 12 heteroatoms. The van der Waals surface area contributed by atoms with E-state index in [0.717, 1.165) is 41.6 Å². The number of carbonyl (C=O) groups is 4. The molecular weight excluding hydrogens is 654 g/mol. The third-order valence-electron chi connectivity index (χ3n) is 10.5. The summed E-state index contributed by atoms with van der Waals surface area (Å²) in [6.07, 6.45) is 9.29. The van der Waals surface area contributed by atoms with E-state index in [4.69, 9.17) is 11.6 Å². The number of piperidine rings is 1. The molecule has 0 bridgehead atoms. The minimum Gasteiger partial charge on any atom is -0.361 e. The molecule has 0 radical (unpaired) electrons.